The molecular weight excluding hydrogens is 396 g/mol. The highest BCUT2D eigenvalue weighted by Gasteiger charge is 2.25. The molecule has 0 saturated heterocycles. The predicted octanol–water partition coefficient (Wildman–Crippen LogP) is 4.07. The molecule has 8 heteroatoms. The number of hydrogen-bond acceptors (Lipinski definition) is 6. The van der Waals surface area contributed by atoms with Crippen molar-refractivity contribution < 1.29 is 14.5 Å². The van der Waals surface area contributed by atoms with Crippen molar-refractivity contribution in [1.29, 1.82) is 0 Å². The predicted molar refractivity (Wildman–Crippen MR) is 116 cm³/mol. The van der Waals surface area contributed by atoms with E-state index in [1.165, 1.54) is 6.07 Å². The molecule has 1 aliphatic carbocycles. The minimum absolute atomic E-state index is 0.141. The summed E-state index contributed by atoms with van der Waals surface area (Å²) in [6.45, 7) is 0.749. The van der Waals surface area contributed by atoms with Crippen molar-refractivity contribution in [3.63, 3.8) is 0 Å². The molecule has 1 fully saturated rings. The zero-order valence-corrected chi connectivity index (χ0v) is 16.8. The number of benzene rings is 2. The first-order valence-electron chi connectivity index (χ1n) is 10.0. The number of carbonyl (C=O) groups is 1. The number of rotatable bonds is 9. The van der Waals surface area contributed by atoms with Crippen LogP contribution in [0.4, 0.5) is 11.4 Å². The fourth-order valence-corrected chi connectivity index (χ4v) is 3.04. The van der Waals surface area contributed by atoms with Gasteiger partial charge in [0.05, 0.1) is 4.92 Å². The number of hydrogen-bond donors (Lipinski definition) is 2. The van der Waals surface area contributed by atoms with Gasteiger partial charge in [0.25, 0.3) is 11.6 Å². The Hall–Kier alpha value is -3.94. The van der Waals surface area contributed by atoms with Crippen LogP contribution in [0, 0.1) is 10.1 Å². The summed E-state index contributed by atoms with van der Waals surface area (Å²) in [6.07, 6.45) is 3.55. The zero-order valence-electron chi connectivity index (χ0n) is 16.8. The number of nitrogens with one attached hydrogen (secondary N) is 2. The molecule has 1 aliphatic rings. The molecule has 31 heavy (non-hydrogen) atoms. The number of carbonyl (C=O) groups excluding carboxylic acids is 1. The number of ether oxygens (including phenoxy) is 1. The number of nitro benzene ring substituents is 1. The molecule has 3 aromatic rings. The summed E-state index contributed by atoms with van der Waals surface area (Å²) in [5, 5.41) is 17.4. The Morgan fingerprint density at radius 3 is 2.65 bits per heavy atom. The van der Waals surface area contributed by atoms with Crippen molar-refractivity contribution in [2.75, 3.05) is 5.32 Å². The Labute approximate surface area is 179 Å². The highest BCUT2D eigenvalue weighted by atomic mass is 16.6. The zero-order chi connectivity index (χ0) is 21.6. The molecule has 0 radical (unpaired) electrons. The lowest BCUT2D eigenvalue weighted by Crippen LogP contribution is -2.25. The molecule has 2 aromatic carbocycles. The largest absolute Gasteiger partial charge is 0.473 e. The number of nitrogens with zero attached hydrogens (tertiary/aromatic N) is 2. The normalized spacial score (nSPS) is 12.8. The van der Waals surface area contributed by atoms with Crippen LogP contribution in [0.2, 0.25) is 0 Å². The fourth-order valence-electron chi connectivity index (χ4n) is 3.04. The summed E-state index contributed by atoms with van der Waals surface area (Å²) in [7, 11) is 0. The molecule has 1 amide bonds. The van der Waals surface area contributed by atoms with Crippen LogP contribution >= 0.6 is 0 Å². The summed E-state index contributed by atoms with van der Waals surface area (Å²) in [5.41, 5.74) is 2.39. The van der Waals surface area contributed by atoms with E-state index in [9.17, 15) is 14.9 Å². The summed E-state index contributed by atoms with van der Waals surface area (Å²) in [4.78, 5) is 27.4. The summed E-state index contributed by atoms with van der Waals surface area (Å²) >= 11 is 0. The molecule has 1 saturated carbocycles. The second kappa shape index (κ2) is 9.25. The number of pyridine rings is 1. The molecule has 0 aliphatic heterocycles. The van der Waals surface area contributed by atoms with Crippen LogP contribution < -0.4 is 15.4 Å². The van der Waals surface area contributed by atoms with Crippen molar-refractivity contribution in [1.82, 2.24) is 10.3 Å². The molecule has 2 N–H and O–H groups in total. The lowest BCUT2D eigenvalue weighted by molar-refractivity contribution is -0.384. The van der Waals surface area contributed by atoms with Gasteiger partial charge in [-0.25, -0.2) is 4.98 Å². The Morgan fingerprint density at radius 2 is 1.90 bits per heavy atom. The average Bonchev–Trinajstić information content (AvgIpc) is 3.61. The van der Waals surface area contributed by atoms with E-state index in [0.717, 1.165) is 24.0 Å². The monoisotopic (exact) mass is 418 g/mol. The Balaban J connectivity index is 1.41. The molecule has 0 bridgehead atoms. The molecule has 1 aromatic heterocycles. The van der Waals surface area contributed by atoms with Gasteiger partial charge in [-0.3, -0.25) is 14.9 Å². The highest BCUT2D eigenvalue weighted by Crippen LogP contribution is 2.27. The van der Waals surface area contributed by atoms with Gasteiger partial charge in [0.2, 0.25) is 5.88 Å². The first-order valence-corrected chi connectivity index (χ1v) is 10.0. The van der Waals surface area contributed by atoms with Crippen molar-refractivity contribution in [2.45, 2.75) is 32.0 Å². The van der Waals surface area contributed by atoms with Crippen LogP contribution in [-0.4, -0.2) is 21.9 Å². The second-order valence-corrected chi connectivity index (χ2v) is 7.37. The number of amides is 1. The Morgan fingerprint density at radius 1 is 1.10 bits per heavy atom. The van der Waals surface area contributed by atoms with E-state index in [2.05, 4.69) is 15.6 Å². The second-order valence-electron chi connectivity index (χ2n) is 7.37. The molecule has 0 unspecified atom stereocenters. The number of anilines is 1. The van der Waals surface area contributed by atoms with E-state index in [1.54, 1.807) is 24.4 Å². The lowest BCUT2D eigenvalue weighted by Gasteiger charge is -2.10. The molecule has 0 atom stereocenters. The van der Waals surface area contributed by atoms with Crippen LogP contribution in [0.1, 0.15) is 34.3 Å². The Kier molecular flexibility index (Phi) is 6.07. The SMILES string of the molecule is O=C(NC1CC1)c1ccc(NCc2ccnc(OCc3ccccc3)c2)c([N+](=O)[O-])c1. The van der Waals surface area contributed by atoms with Gasteiger partial charge in [0.15, 0.2) is 0 Å². The minimum Gasteiger partial charge on any atom is -0.473 e. The summed E-state index contributed by atoms with van der Waals surface area (Å²) in [6, 6.07) is 18.0. The maximum Gasteiger partial charge on any atom is 0.293 e. The Bertz CT molecular complexity index is 1080. The molecule has 8 nitrogen and oxygen atoms in total. The van der Waals surface area contributed by atoms with Gasteiger partial charge < -0.3 is 15.4 Å². The maximum absolute atomic E-state index is 12.2. The molecule has 158 valence electrons. The number of nitro groups is 1. The smallest absolute Gasteiger partial charge is 0.293 e. The summed E-state index contributed by atoms with van der Waals surface area (Å²) < 4.78 is 5.73. The van der Waals surface area contributed by atoms with Gasteiger partial charge >= 0.3 is 0 Å². The number of aromatic nitrogens is 1. The van der Waals surface area contributed by atoms with Gasteiger partial charge in [-0.15, -0.1) is 0 Å². The first kappa shape index (κ1) is 20.3. The van der Waals surface area contributed by atoms with E-state index >= 15 is 0 Å². The van der Waals surface area contributed by atoms with Crippen molar-refractivity contribution in [3.05, 3.63) is 93.7 Å². The molecular formula is C23H22N4O4. The topological polar surface area (TPSA) is 106 Å². The van der Waals surface area contributed by atoms with Gasteiger partial charge in [-0.1, -0.05) is 30.3 Å². The van der Waals surface area contributed by atoms with Gasteiger partial charge in [0, 0.05) is 36.5 Å². The van der Waals surface area contributed by atoms with Crippen molar-refractivity contribution in [3.8, 4) is 5.88 Å². The quantitative estimate of drug-likeness (QED) is 0.401. The van der Waals surface area contributed by atoms with E-state index < -0.39 is 4.92 Å². The van der Waals surface area contributed by atoms with Crippen molar-refractivity contribution in [2.24, 2.45) is 0 Å². The van der Waals surface area contributed by atoms with Crippen LogP contribution in [-0.2, 0) is 13.2 Å². The third-order valence-electron chi connectivity index (χ3n) is 4.88. The van der Waals surface area contributed by atoms with Crippen LogP contribution in [0.15, 0.2) is 66.9 Å². The fraction of sp³-hybridized carbons (Fsp3) is 0.217. The standard InChI is InChI=1S/C23H22N4O4/c28-23(26-19-7-8-19)18-6-9-20(21(13-18)27(29)30)25-14-17-10-11-24-22(12-17)31-15-16-4-2-1-3-5-16/h1-6,9-13,19,25H,7-8,14-15H2,(H,26,28). The lowest BCUT2D eigenvalue weighted by atomic mass is 10.1. The highest BCUT2D eigenvalue weighted by molar-refractivity contribution is 5.96. The van der Waals surface area contributed by atoms with Crippen LogP contribution in [0.5, 0.6) is 5.88 Å². The van der Waals surface area contributed by atoms with E-state index in [0.29, 0.717) is 24.7 Å². The van der Waals surface area contributed by atoms with Crippen LogP contribution in [0.25, 0.3) is 0 Å². The van der Waals surface area contributed by atoms with Gasteiger partial charge in [0.1, 0.15) is 12.3 Å². The average molecular weight is 418 g/mol. The van der Waals surface area contributed by atoms with Crippen LogP contribution in [0.3, 0.4) is 0 Å². The first-order chi connectivity index (χ1) is 15.1. The van der Waals surface area contributed by atoms with E-state index in [-0.39, 0.29) is 23.2 Å². The molecule has 1 heterocycles. The van der Waals surface area contributed by atoms with Gasteiger partial charge in [-0.05, 0) is 42.2 Å². The van der Waals surface area contributed by atoms with E-state index in [4.69, 9.17) is 4.74 Å². The molecule has 4 rings (SSSR count). The molecule has 0 spiro atoms. The van der Waals surface area contributed by atoms with Crippen molar-refractivity contribution >= 4 is 17.3 Å². The maximum atomic E-state index is 12.2. The minimum atomic E-state index is -0.489. The van der Waals surface area contributed by atoms with Gasteiger partial charge in [-0.2, -0.15) is 0 Å². The summed E-state index contributed by atoms with van der Waals surface area (Å²) in [5.74, 6) is 0.191. The third kappa shape index (κ3) is 5.57. The third-order valence-corrected chi connectivity index (χ3v) is 4.88. The van der Waals surface area contributed by atoms with E-state index in [1.807, 2.05) is 36.4 Å².